The number of rotatable bonds is 2. The molecule has 130 valence electrons. The second kappa shape index (κ2) is 6.20. The summed E-state index contributed by atoms with van der Waals surface area (Å²) in [7, 11) is 0. The van der Waals surface area contributed by atoms with Gasteiger partial charge in [-0.15, -0.1) is 0 Å². The smallest absolute Gasteiger partial charge is 0.245 e. The number of amides is 1. The minimum atomic E-state index is -0.319. The lowest BCUT2D eigenvalue weighted by molar-refractivity contribution is -0.132. The summed E-state index contributed by atoms with van der Waals surface area (Å²) >= 11 is 0. The zero-order valence-electron chi connectivity index (χ0n) is 13.9. The van der Waals surface area contributed by atoms with E-state index in [1.807, 2.05) is 23.1 Å². The maximum absolute atomic E-state index is 12.8. The Balaban J connectivity index is 1.40. The van der Waals surface area contributed by atoms with Gasteiger partial charge in [-0.05, 0) is 24.3 Å². The van der Waals surface area contributed by atoms with Gasteiger partial charge in [0.25, 0.3) is 0 Å². The average Bonchev–Trinajstić information content (AvgIpc) is 3.07. The topological polar surface area (TPSA) is 76.0 Å². The normalized spacial score (nSPS) is 19.4. The van der Waals surface area contributed by atoms with Gasteiger partial charge in [0, 0.05) is 43.9 Å². The zero-order valence-corrected chi connectivity index (χ0v) is 13.9. The molecule has 1 saturated heterocycles. The van der Waals surface area contributed by atoms with Gasteiger partial charge in [0.05, 0.1) is 5.69 Å². The lowest BCUT2D eigenvalue weighted by Crippen LogP contribution is -2.52. The van der Waals surface area contributed by atoms with Crippen LogP contribution in [0.2, 0.25) is 0 Å². The quantitative estimate of drug-likeness (QED) is 0.778. The van der Waals surface area contributed by atoms with Gasteiger partial charge in [0.15, 0.2) is 0 Å². The summed E-state index contributed by atoms with van der Waals surface area (Å²) in [6, 6.07) is 12.3. The standard InChI is InChI=1S/C19H21N3O3/c23-17-7-3-4-14-13(17)12-15(20-14)19(25)22-10-8-21(9-11-22)16-5-1-2-6-18(16)24/h1-7,15,20,23-24H,8-12H2. The van der Waals surface area contributed by atoms with E-state index in [9.17, 15) is 15.0 Å². The van der Waals surface area contributed by atoms with E-state index in [1.54, 1.807) is 24.3 Å². The number of carbonyl (C=O) groups is 1. The van der Waals surface area contributed by atoms with Crippen molar-refractivity contribution in [3.63, 3.8) is 0 Å². The van der Waals surface area contributed by atoms with Crippen molar-refractivity contribution in [1.82, 2.24) is 4.90 Å². The fraction of sp³-hybridized carbons (Fsp3) is 0.316. The van der Waals surface area contributed by atoms with Crippen LogP contribution in [-0.2, 0) is 11.2 Å². The van der Waals surface area contributed by atoms with Gasteiger partial charge in [-0.3, -0.25) is 4.79 Å². The molecule has 2 aromatic carbocycles. The second-order valence-electron chi connectivity index (χ2n) is 6.51. The Morgan fingerprint density at radius 2 is 1.68 bits per heavy atom. The molecule has 0 aromatic heterocycles. The van der Waals surface area contributed by atoms with Crippen molar-refractivity contribution in [2.24, 2.45) is 0 Å². The van der Waals surface area contributed by atoms with Crippen LogP contribution in [0.3, 0.4) is 0 Å². The second-order valence-corrected chi connectivity index (χ2v) is 6.51. The molecule has 0 aliphatic carbocycles. The molecule has 0 saturated carbocycles. The van der Waals surface area contributed by atoms with Gasteiger partial charge < -0.3 is 25.3 Å². The summed E-state index contributed by atoms with van der Waals surface area (Å²) in [5.74, 6) is 0.572. The molecule has 2 heterocycles. The van der Waals surface area contributed by atoms with Crippen LogP contribution in [0.25, 0.3) is 0 Å². The van der Waals surface area contributed by atoms with Crippen molar-refractivity contribution >= 4 is 17.3 Å². The Morgan fingerprint density at radius 3 is 2.40 bits per heavy atom. The lowest BCUT2D eigenvalue weighted by Gasteiger charge is -2.37. The Hall–Kier alpha value is -2.89. The van der Waals surface area contributed by atoms with Crippen molar-refractivity contribution in [3.05, 3.63) is 48.0 Å². The molecule has 1 fully saturated rings. The highest BCUT2D eigenvalue weighted by Gasteiger charge is 2.33. The number of anilines is 2. The lowest BCUT2D eigenvalue weighted by atomic mass is 10.1. The van der Waals surface area contributed by atoms with Gasteiger partial charge in [-0.1, -0.05) is 18.2 Å². The van der Waals surface area contributed by atoms with Crippen molar-refractivity contribution in [1.29, 1.82) is 0 Å². The van der Waals surface area contributed by atoms with Crippen LogP contribution in [0.1, 0.15) is 5.56 Å². The summed E-state index contributed by atoms with van der Waals surface area (Å²) in [5, 5.41) is 23.1. The molecular weight excluding hydrogens is 318 g/mol. The molecule has 3 N–H and O–H groups in total. The number of phenolic OH excluding ortho intramolecular Hbond substituents is 2. The SMILES string of the molecule is O=C(C1Cc2c(O)cccc2N1)N1CCN(c2ccccc2O)CC1. The van der Waals surface area contributed by atoms with Gasteiger partial charge in [-0.25, -0.2) is 0 Å². The number of benzene rings is 2. The number of nitrogens with one attached hydrogen (secondary N) is 1. The number of piperazine rings is 1. The van der Waals surface area contributed by atoms with Crippen molar-refractivity contribution in [2.75, 3.05) is 36.4 Å². The first-order valence-corrected chi connectivity index (χ1v) is 8.52. The number of phenols is 2. The van der Waals surface area contributed by atoms with E-state index in [0.29, 0.717) is 32.6 Å². The van der Waals surface area contributed by atoms with Crippen LogP contribution in [-0.4, -0.2) is 53.2 Å². The van der Waals surface area contributed by atoms with Crippen molar-refractivity contribution in [2.45, 2.75) is 12.5 Å². The Kier molecular flexibility index (Phi) is 3.87. The van der Waals surface area contributed by atoms with Crippen LogP contribution in [0.4, 0.5) is 11.4 Å². The molecule has 1 amide bonds. The van der Waals surface area contributed by atoms with E-state index < -0.39 is 0 Å². The molecule has 0 radical (unpaired) electrons. The highest BCUT2D eigenvalue weighted by molar-refractivity contribution is 5.88. The molecule has 1 unspecified atom stereocenters. The molecule has 6 heteroatoms. The highest BCUT2D eigenvalue weighted by atomic mass is 16.3. The minimum Gasteiger partial charge on any atom is -0.508 e. The van der Waals surface area contributed by atoms with E-state index >= 15 is 0 Å². The van der Waals surface area contributed by atoms with Crippen LogP contribution >= 0.6 is 0 Å². The molecule has 1 atom stereocenters. The fourth-order valence-corrected chi connectivity index (χ4v) is 3.64. The minimum absolute atomic E-state index is 0.0625. The number of nitrogens with zero attached hydrogens (tertiary/aromatic N) is 2. The summed E-state index contributed by atoms with van der Waals surface area (Å²) in [6.07, 6.45) is 0.514. The molecule has 0 bridgehead atoms. The van der Waals surface area contributed by atoms with Crippen LogP contribution < -0.4 is 10.2 Å². The third-order valence-corrected chi connectivity index (χ3v) is 5.00. The van der Waals surface area contributed by atoms with Crippen molar-refractivity contribution < 1.29 is 15.0 Å². The maximum atomic E-state index is 12.8. The third kappa shape index (κ3) is 2.84. The number of hydrogen-bond donors (Lipinski definition) is 3. The number of carbonyl (C=O) groups excluding carboxylic acids is 1. The molecule has 2 aliphatic heterocycles. The Bertz CT molecular complexity index is 800. The third-order valence-electron chi connectivity index (χ3n) is 5.00. The van der Waals surface area contributed by atoms with E-state index in [2.05, 4.69) is 10.2 Å². The van der Waals surface area contributed by atoms with Crippen LogP contribution in [0, 0.1) is 0 Å². The first kappa shape index (κ1) is 15.6. The summed E-state index contributed by atoms with van der Waals surface area (Å²) < 4.78 is 0. The Morgan fingerprint density at radius 1 is 0.960 bits per heavy atom. The highest BCUT2D eigenvalue weighted by Crippen LogP contribution is 2.33. The van der Waals surface area contributed by atoms with Crippen LogP contribution in [0.15, 0.2) is 42.5 Å². The summed E-state index contributed by atoms with van der Waals surface area (Å²) in [4.78, 5) is 16.8. The summed E-state index contributed by atoms with van der Waals surface area (Å²) in [6.45, 7) is 2.61. The first-order valence-electron chi connectivity index (χ1n) is 8.52. The van der Waals surface area contributed by atoms with Crippen LogP contribution in [0.5, 0.6) is 11.5 Å². The Labute approximate surface area is 146 Å². The van der Waals surface area contributed by atoms with E-state index in [0.717, 1.165) is 16.9 Å². The fourth-order valence-electron chi connectivity index (χ4n) is 3.64. The van der Waals surface area contributed by atoms with E-state index in [1.165, 1.54) is 0 Å². The van der Waals surface area contributed by atoms with Gasteiger partial charge in [0.2, 0.25) is 5.91 Å². The van der Waals surface area contributed by atoms with Crippen molar-refractivity contribution in [3.8, 4) is 11.5 Å². The molecule has 4 rings (SSSR count). The summed E-state index contributed by atoms with van der Waals surface area (Å²) in [5.41, 5.74) is 2.46. The molecule has 2 aromatic rings. The molecular formula is C19H21N3O3. The monoisotopic (exact) mass is 339 g/mol. The first-order chi connectivity index (χ1) is 12.1. The number of aromatic hydroxyl groups is 2. The number of hydrogen-bond acceptors (Lipinski definition) is 5. The van der Waals surface area contributed by atoms with Gasteiger partial charge in [-0.2, -0.15) is 0 Å². The van der Waals surface area contributed by atoms with E-state index in [4.69, 9.17) is 0 Å². The van der Waals surface area contributed by atoms with E-state index in [-0.39, 0.29) is 23.4 Å². The van der Waals surface area contributed by atoms with Gasteiger partial charge >= 0.3 is 0 Å². The molecule has 2 aliphatic rings. The number of fused-ring (bicyclic) bond motifs is 1. The predicted molar refractivity (Wildman–Crippen MR) is 96.1 cm³/mol. The van der Waals surface area contributed by atoms with Gasteiger partial charge in [0.1, 0.15) is 17.5 Å². The zero-order chi connectivity index (χ0) is 17.4. The number of para-hydroxylation sites is 2. The molecule has 6 nitrogen and oxygen atoms in total. The molecule has 25 heavy (non-hydrogen) atoms. The molecule has 0 spiro atoms. The maximum Gasteiger partial charge on any atom is 0.245 e. The predicted octanol–water partition coefficient (Wildman–Crippen LogP) is 1.78. The average molecular weight is 339 g/mol. The largest absolute Gasteiger partial charge is 0.508 e.